The Morgan fingerprint density at radius 3 is 3.17 bits per heavy atom. The van der Waals surface area contributed by atoms with Crippen LogP contribution in [-0.4, -0.2) is 53.6 Å². The molecule has 100 valence electrons. The maximum absolute atomic E-state index is 5.63. The number of aromatic nitrogens is 2. The van der Waals surface area contributed by atoms with E-state index in [1.807, 2.05) is 10.9 Å². The topological polar surface area (TPSA) is 42.3 Å². The van der Waals surface area contributed by atoms with Crippen LogP contribution in [0.2, 0.25) is 0 Å². The molecule has 2 unspecified atom stereocenters. The molecular weight excluding hydrogens is 228 g/mol. The maximum atomic E-state index is 5.63. The molecule has 0 amide bonds. The van der Waals surface area contributed by atoms with E-state index in [0.29, 0.717) is 12.1 Å². The van der Waals surface area contributed by atoms with Crippen molar-refractivity contribution >= 4 is 5.69 Å². The summed E-state index contributed by atoms with van der Waals surface area (Å²) >= 11 is 0. The summed E-state index contributed by atoms with van der Waals surface area (Å²) in [6.07, 6.45) is 7.94. The molecule has 0 bridgehead atoms. The van der Waals surface area contributed by atoms with E-state index in [4.69, 9.17) is 4.74 Å². The molecule has 5 heteroatoms. The lowest BCUT2D eigenvalue weighted by Crippen LogP contribution is -2.23. The number of hydrogen-bond acceptors (Lipinski definition) is 4. The van der Waals surface area contributed by atoms with Gasteiger partial charge in [0.1, 0.15) is 0 Å². The molecule has 2 atom stereocenters. The minimum Gasteiger partial charge on any atom is -0.378 e. The maximum Gasteiger partial charge on any atom is 0.0771 e. The third-order valence-corrected chi connectivity index (χ3v) is 3.81. The Morgan fingerprint density at radius 1 is 1.50 bits per heavy atom. The first kappa shape index (κ1) is 12.0. The van der Waals surface area contributed by atoms with Crippen LogP contribution in [0.15, 0.2) is 12.4 Å². The Balaban J connectivity index is 1.52. The van der Waals surface area contributed by atoms with E-state index in [0.717, 1.165) is 31.8 Å². The Kier molecular flexibility index (Phi) is 3.52. The summed E-state index contributed by atoms with van der Waals surface area (Å²) in [5, 5.41) is 7.95. The highest BCUT2D eigenvalue weighted by Crippen LogP contribution is 2.17. The van der Waals surface area contributed by atoms with Crippen LogP contribution >= 0.6 is 0 Å². The smallest absolute Gasteiger partial charge is 0.0771 e. The molecule has 18 heavy (non-hydrogen) atoms. The second-order valence-electron chi connectivity index (χ2n) is 5.48. The molecule has 0 saturated carbocycles. The van der Waals surface area contributed by atoms with Crippen molar-refractivity contribution in [2.75, 3.05) is 32.1 Å². The summed E-state index contributed by atoms with van der Waals surface area (Å²) in [7, 11) is 2.17. The lowest BCUT2D eigenvalue weighted by Gasteiger charge is -2.12. The number of hydrogen-bond donors (Lipinski definition) is 1. The van der Waals surface area contributed by atoms with Crippen molar-refractivity contribution in [2.45, 2.75) is 38.0 Å². The van der Waals surface area contributed by atoms with Crippen molar-refractivity contribution in [2.24, 2.45) is 0 Å². The fourth-order valence-corrected chi connectivity index (χ4v) is 2.82. The monoisotopic (exact) mass is 250 g/mol. The molecule has 0 radical (unpaired) electrons. The van der Waals surface area contributed by atoms with Gasteiger partial charge in [0, 0.05) is 25.4 Å². The minimum atomic E-state index is 0.357. The molecule has 2 saturated heterocycles. The van der Waals surface area contributed by atoms with Gasteiger partial charge in [0.05, 0.1) is 24.5 Å². The van der Waals surface area contributed by atoms with Gasteiger partial charge in [-0.05, 0) is 32.9 Å². The fourth-order valence-electron chi connectivity index (χ4n) is 2.82. The van der Waals surface area contributed by atoms with Crippen LogP contribution in [-0.2, 0) is 11.3 Å². The highest BCUT2D eigenvalue weighted by atomic mass is 16.5. The Bertz CT molecular complexity index is 386. The fraction of sp³-hybridized carbons (Fsp3) is 0.769. The van der Waals surface area contributed by atoms with Crippen LogP contribution in [0, 0.1) is 0 Å². The van der Waals surface area contributed by atoms with Gasteiger partial charge in [-0.15, -0.1) is 0 Å². The van der Waals surface area contributed by atoms with E-state index in [-0.39, 0.29) is 0 Å². The number of likely N-dealkylation sites (N-methyl/N-ethyl adjacent to an activating group) is 1. The van der Waals surface area contributed by atoms with Crippen LogP contribution < -0.4 is 5.32 Å². The number of ether oxygens (including phenoxy) is 1. The predicted octanol–water partition coefficient (Wildman–Crippen LogP) is 1.18. The van der Waals surface area contributed by atoms with Crippen LogP contribution in [0.25, 0.3) is 0 Å². The van der Waals surface area contributed by atoms with E-state index in [1.54, 1.807) is 0 Å². The molecule has 1 aromatic rings. The van der Waals surface area contributed by atoms with Crippen LogP contribution in [0.4, 0.5) is 5.69 Å². The number of nitrogens with zero attached hydrogens (tertiary/aromatic N) is 3. The third kappa shape index (κ3) is 2.84. The third-order valence-electron chi connectivity index (χ3n) is 3.81. The van der Waals surface area contributed by atoms with Gasteiger partial charge in [0.25, 0.3) is 0 Å². The first-order valence-electron chi connectivity index (χ1n) is 6.89. The Labute approximate surface area is 108 Å². The number of anilines is 1. The Morgan fingerprint density at radius 2 is 2.44 bits per heavy atom. The normalized spacial score (nSPS) is 28.9. The summed E-state index contributed by atoms with van der Waals surface area (Å²) in [5.41, 5.74) is 1.13. The molecule has 0 aromatic carbocycles. The first-order valence-corrected chi connectivity index (χ1v) is 6.89. The largest absolute Gasteiger partial charge is 0.378 e. The lowest BCUT2D eigenvalue weighted by atomic mass is 10.2. The van der Waals surface area contributed by atoms with Gasteiger partial charge in [-0.25, -0.2) is 0 Å². The lowest BCUT2D eigenvalue weighted by molar-refractivity contribution is 0.0940. The van der Waals surface area contributed by atoms with Crippen LogP contribution in [0.5, 0.6) is 0 Å². The SMILES string of the molecule is CN1CCC(Nc2cnn(CC3CCCO3)c2)C1. The van der Waals surface area contributed by atoms with Crippen molar-refractivity contribution in [3.63, 3.8) is 0 Å². The van der Waals surface area contributed by atoms with Crippen molar-refractivity contribution < 1.29 is 4.74 Å². The van der Waals surface area contributed by atoms with Gasteiger partial charge in [0.2, 0.25) is 0 Å². The second kappa shape index (κ2) is 5.28. The van der Waals surface area contributed by atoms with E-state index < -0.39 is 0 Å². The second-order valence-corrected chi connectivity index (χ2v) is 5.48. The van der Waals surface area contributed by atoms with E-state index >= 15 is 0 Å². The predicted molar refractivity (Wildman–Crippen MR) is 70.7 cm³/mol. The standard InChI is InChI=1S/C13H22N4O/c1-16-5-4-11(8-16)15-12-7-14-17(9-12)10-13-3-2-6-18-13/h7,9,11,13,15H,2-6,8,10H2,1H3. The molecule has 0 aliphatic carbocycles. The van der Waals surface area contributed by atoms with Crippen molar-refractivity contribution in [3.8, 4) is 0 Å². The molecule has 2 aliphatic heterocycles. The molecule has 2 aliphatic rings. The van der Waals surface area contributed by atoms with Crippen molar-refractivity contribution in [1.82, 2.24) is 14.7 Å². The molecule has 1 aromatic heterocycles. The zero-order chi connectivity index (χ0) is 12.4. The molecule has 0 spiro atoms. The van der Waals surface area contributed by atoms with Crippen LogP contribution in [0.3, 0.4) is 0 Å². The highest BCUT2D eigenvalue weighted by Gasteiger charge is 2.20. The zero-order valence-corrected chi connectivity index (χ0v) is 11.0. The molecule has 3 rings (SSSR count). The quantitative estimate of drug-likeness (QED) is 0.871. The molecule has 1 N–H and O–H groups in total. The van der Waals surface area contributed by atoms with E-state index in [2.05, 4.69) is 28.6 Å². The zero-order valence-electron chi connectivity index (χ0n) is 11.0. The number of rotatable bonds is 4. The van der Waals surface area contributed by atoms with E-state index in [9.17, 15) is 0 Å². The minimum absolute atomic E-state index is 0.357. The van der Waals surface area contributed by atoms with Crippen molar-refractivity contribution in [1.29, 1.82) is 0 Å². The summed E-state index contributed by atoms with van der Waals surface area (Å²) in [5.74, 6) is 0. The van der Waals surface area contributed by atoms with Gasteiger partial charge in [0.15, 0.2) is 0 Å². The average molecular weight is 250 g/mol. The number of likely N-dealkylation sites (tertiary alicyclic amines) is 1. The van der Waals surface area contributed by atoms with Gasteiger partial charge >= 0.3 is 0 Å². The molecule has 5 nitrogen and oxygen atoms in total. The average Bonchev–Trinajstić information content (AvgIpc) is 3.04. The molecule has 3 heterocycles. The first-order chi connectivity index (χ1) is 8.79. The molecule has 2 fully saturated rings. The summed E-state index contributed by atoms with van der Waals surface area (Å²) in [6, 6.07) is 0.565. The highest BCUT2D eigenvalue weighted by molar-refractivity contribution is 5.39. The van der Waals surface area contributed by atoms with Gasteiger partial charge in [-0.3, -0.25) is 4.68 Å². The Hall–Kier alpha value is -1.07. The van der Waals surface area contributed by atoms with Crippen LogP contribution in [0.1, 0.15) is 19.3 Å². The van der Waals surface area contributed by atoms with Gasteiger partial charge in [-0.1, -0.05) is 0 Å². The van der Waals surface area contributed by atoms with Crippen molar-refractivity contribution in [3.05, 3.63) is 12.4 Å². The summed E-state index contributed by atoms with van der Waals surface area (Å²) < 4.78 is 7.62. The van der Waals surface area contributed by atoms with E-state index in [1.165, 1.54) is 19.4 Å². The number of nitrogens with one attached hydrogen (secondary N) is 1. The summed E-state index contributed by atoms with van der Waals surface area (Å²) in [4.78, 5) is 2.36. The van der Waals surface area contributed by atoms with Gasteiger partial charge in [-0.2, -0.15) is 5.10 Å². The molecular formula is C13H22N4O. The summed E-state index contributed by atoms with van der Waals surface area (Å²) in [6.45, 7) is 4.09. The van der Waals surface area contributed by atoms with Gasteiger partial charge < -0.3 is 15.0 Å².